The van der Waals surface area contributed by atoms with Gasteiger partial charge < -0.3 is 5.32 Å². The molecule has 3 aromatic carbocycles. The predicted octanol–water partition coefficient (Wildman–Crippen LogP) is 4.34. The summed E-state index contributed by atoms with van der Waals surface area (Å²) in [7, 11) is 0. The summed E-state index contributed by atoms with van der Waals surface area (Å²) in [6.45, 7) is 2.33. The lowest BCUT2D eigenvalue weighted by Gasteiger charge is -2.13. The number of benzene rings is 3. The molecule has 5 nitrogen and oxygen atoms in total. The quantitative estimate of drug-likeness (QED) is 0.628. The summed E-state index contributed by atoms with van der Waals surface area (Å²) in [5.41, 5.74) is 3.82. The van der Waals surface area contributed by atoms with Gasteiger partial charge in [-0.3, -0.25) is 19.3 Å². The molecule has 3 aromatic rings. The first-order chi connectivity index (χ1) is 14.6. The number of nitrogens with zero attached hydrogens (tertiary/aromatic N) is 1. The third kappa shape index (κ3) is 3.74. The van der Waals surface area contributed by atoms with Gasteiger partial charge in [0.25, 0.3) is 17.7 Å². The van der Waals surface area contributed by atoms with Gasteiger partial charge in [0.15, 0.2) is 0 Å². The Hall–Kier alpha value is -3.73. The maximum Gasteiger partial charge on any atom is 0.261 e. The summed E-state index contributed by atoms with van der Waals surface area (Å²) in [5.74, 6) is -0.967. The summed E-state index contributed by atoms with van der Waals surface area (Å²) in [6.07, 6.45) is 1.39. The van der Waals surface area contributed by atoms with E-state index in [1.165, 1.54) is 11.0 Å². The molecule has 3 amide bonds. The Morgan fingerprint density at radius 3 is 2.33 bits per heavy atom. The van der Waals surface area contributed by atoms with Crippen molar-refractivity contribution in [2.24, 2.45) is 0 Å². The van der Waals surface area contributed by atoms with Crippen LogP contribution >= 0.6 is 0 Å². The second-order valence-electron chi connectivity index (χ2n) is 7.22. The van der Waals surface area contributed by atoms with E-state index in [4.69, 9.17) is 0 Å². The minimum Gasteiger partial charge on any atom is -0.322 e. The lowest BCUT2D eigenvalue weighted by molar-refractivity contribution is 0.0656. The van der Waals surface area contributed by atoms with Crippen LogP contribution in [0.1, 0.15) is 49.1 Å². The standard InChI is InChI=1S/C25H22N2O3/c1-2-18-10-6-7-11-22(18)26-23(28)19-12-13-20-21(16-19)25(30)27(24(20)29)15-14-17-8-4-3-5-9-17/h3-13,16H,2,14-15H2,1H3,(H,26,28). The van der Waals surface area contributed by atoms with Crippen LogP contribution < -0.4 is 5.32 Å². The molecule has 1 aliphatic rings. The number of amides is 3. The zero-order chi connectivity index (χ0) is 21.1. The molecule has 0 bridgehead atoms. The third-order valence-electron chi connectivity index (χ3n) is 5.35. The van der Waals surface area contributed by atoms with Crippen LogP contribution in [0, 0.1) is 0 Å². The summed E-state index contributed by atoms with van der Waals surface area (Å²) in [5, 5.41) is 2.90. The van der Waals surface area contributed by atoms with Crippen LogP contribution in [0.2, 0.25) is 0 Å². The molecular weight excluding hydrogens is 376 g/mol. The number of aryl methyl sites for hydroxylation is 1. The molecule has 5 heteroatoms. The van der Waals surface area contributed by atoms with Crippen LogP contribution in [0.4, 0.5) is 5.69 Å². The van der Waals surface area contributed by atoms with Gasteiger partial charge in [-0.15, -0.1) is 0 Å². The number of rotatable bonds is 6. The molecule has 1 heterocycles. The fourth-order valence-electron chi connectivity index (χ4n) is 3.67. The molecule has 0 unspecified atom stereocenters. The van der Waals surface area contributed by atoms with Crippen molar-refractivity contribution in [3.05, 3.63) is 101 Å². The summed E-state index contributed by atoms with van der Waals surface area (Å²) >= 11 is 0. The molecule has 0 saturated carbocycles. The van der Waals surface area contributed by atoms with Crippen molar-refractivity contribution >= 4 is 23.4 Å². The van der Waals surface area contributed by atoms with Gasteiger partial charge in [0.1, 0.15) is 0 Å². The molecule has 1 aliphatic heterocycles. The number of carbonyl (C=O) groups excluding carboxylic acids is 3. The molecule has 0 saturated heterocycles. The van der Waals surface area contributed by atoms with Gasteiger partial charge >= 0.3 is 0 Å². The van der Waals surface area contributed by atoms with Crippen LogP contribution in [0.5, 0.6) is 0 Å². The molecule has 30 heavy (non-hydrogen) atoms. The van der Waals surface area contributed by atoms with Crippen molar-refractivity contribution in [1.82, 2.24) is 4.90 Å². The van der Waals surface area contributed by atoms with Crippen molar-refractivity contribution in [3.63, 3.8) is 0 Å². The maximum absolute atomic E-state index is 12.8. The monoisotopic (exact) mass is 398 g/mol. The van der Waals surface area contributed by atoms with Gasteiger partial charge in [-0.2, -0.15) is 0 Å². The number of hydrogen-bond acceptors (Lipinski definition) is 3. The van der Waals surface area contributed by atoms with Crippen molar-refractivity contribution in [2.75, 3.05) is 11.9 Å². The molecule has 4 rings (SSSR count). The average molecular weight is 398 g/mol. The van der Waals surface area contributed by atoms with Crippen molar-refractivity contribution in [3.8, 4) is 0 Å². The van der Waals surface area contributed by atoms with Gasteiger partial charge in [-0.1, -0.05) is 55.5 Å². The summed E-state index contributed by atoms with van der Waals surface area (Å²) < 4.78 is 0. The van der Waals surface area contributed by atoms with Crippen LogP contribution in [0.25, 0.3) is 0 Å². The minimum absolute atomic E-state index is 0.282. The number of fused-ring (bicyclic) bond motifs is 1. The Labute approximate surface area is 175 Å². The minimum atomic E-state index is -0.352. The highest BCUT2D eigenvalue weighted by molar-refractivity contribution is 6.22. The second kappa shape index (κ2) is 8.33. The molecule has 0 aromatic heterocycles. The molecular formula is C25H22N2O3. The van der Waals surface area contributed by atoms with Gasteiger partial charge in [0, 0.05) is 17.8 Å². The van der Waals surface area contributed by atoms with Gasteiger partial charge in [-0.25, -0.2) is 0 Å². The lowest BCUT2D eigenvalue weighted by atomic mass is 10.0. The van der Waals surface area contributed by atoms with E-state index >= 15 is 0 Å². The van der Waals surface area contributed by atoms with E-state index in [1.807, 2.05) is 61.5 Å². The Morgan fingerprint density at radius 2 is 1.57 bits per heavy atom. The highest BCUT2D eigenvalue weighted by Gasteiger charge is 2.35. The van der Waals surface area contributed by atoms with E-state index in [0.717, 1.165) is 23.2 Å². The number of nitrogens with one attached hydrogen (secondary N) is 1. The van der Waals surface area contributed by atoms with Crippen LogP contribution in [-0.4, -0.2) is 29.2 Å². The highest BCUT2D eigenvalue weighted by atomic mass is 16.2. The Kier molecular flexibility index (Phi) is 5.44. The van der Waals surface area contributed by atoms with E-state index in [0.29, 0.717) is 24.1 Å². The normalized spacial score (nSPS) is 12.8. The van der Waals surface area contributed by atoms with E-state index in [2.05, 4.69) is 5.32 Å². The van der Waals surface area contributed by atoms with Crippen LogP contribution in [-0.2, 0) is 12.8 Å². The van der Waals surface area contributed by atoms with Crippen molar-refractivity contribution in [1.29, 1.82) is 0 Å². The molecule has 1 N–H and O–H groups in total. The Balaban J connectivity index is 1.52. The fourth-order valence-corrected chi connectivity index (χ4v) is 3.67. The average Bonchev–Trinajstić information content (AvgIpc) is 3.02. The molecule has 0 fully saturated rings. The number of para-hydroxylation sites is 1. The molecule has 150 valence electrons. The number of carbonyl (C=O) groups is 3. The molecule has 0 atom stereocenters. The third-order valence-corrected chi connectivity index (χ3v) is 5.35. The van der Waals surface area contributed by atoms with Crippen molar-refractivity contribution in [2.45, 2.75) is 19.8 Å². The van der Waals surface area contributed by atoms with Gasteiger partial charge in [0.05, 0.1) is 11.1 Å². The van der Waals surface area contributed by atoms with Crippen molar-refractivity contribution < 1.29 is 14.4 Å². The summed E-state index contributed by atoms with van der Waals surface area (Å²) in [4.78, 5) is 39.5. The fraction of sp³-hybridized carbons (Fsp3) is 0.160. The van der Waals surface area contributed by atoms with E-state index in [1.54, 1.807) is 12.1 Å². The number of hydrogen-bond donors (Lipinski definition) is 1. The zero-order valence-electron chi connectivity index (χ0n) is 16.7. The highest BCUT2D eigenvalue weighted by Crippen LogP contribution is 2.25. The van der Waals surface area contributed by atoms with Crippen LogP contribution in [0.15, 0.2) is 72.8 Å². The summed E-state index contributed by atoms with van der Waals surface area (Å²) in [6, 6.07) is 22.0. The topological polar surface area (TPSA) is 66.5 Å². The SMILES string of the molecule is CCc1ccccc1NC(=O)c1ccc2c(c1)C(=O)N(CCc1ccccc1)C2=O. The number of imide groups is 1. The predicted molar refractivity (Wildman–Crippen MR) is 116 cm³/mol. The molecule has 0 radical (unpaired) electrons. The number of anilines is 1. The first-order valence-corrected chi connectivity index (χ1v) is 10.0. The smallest absolute Gasteiger partial charge is 0.261 e. The Bertz CT molecular complexity index is 1120. The lowest BCUT2D eigenvalue weighted by Crippen LogP contribution is -2.31. The van der Waals surface area contributed by atoms with Gasteiger partial charge in [0.2, 0.25) is 0 Å². The van der Waals surface area contributed by atoms with E-state index in [9.17, 15) is 14.4 Å². The van der Waals surface area contributed by atoms with E-state index in [-0.39, 0.29) is 23.3 Å². The molecule has 0 spiro atoms. The van der Waals surface area contributed by atoms with Gasteiger partial charge in [-0.05, 0) is 48.2 Å². The maximum atomic E-state index is 12.8. The zero-order valence-corrected chi connectivity index (χ0v) is 16.7. The largest absolute Gasteiger partial charge is 0.322 e. The first kappa shape index (κ1) is 19.6. The molecule has 0 aliphatic carbocycles. The Morgan fingerprint density at radius 1 is 0.867 bits per heavy atom. The first-order valence-electron chi connectivity index (χ1n) is 10.0. The van der Waals surface area contributed by atoms with Crippen LogP contribution in [0.3, 0.4) is 0 Å². The second-order valence-corrected chi connectivity index (χ2v) is 7.22. The van der Waals surface area contributed by atoms with E-state index < -0.39 is 0 Å².